The van der Waals surface area contributed by atoms with Gasteiger partial charge in [-0.25, -0.2) is 8.78 Å². The zero-order valence-corrected chi connectivity index (χ0v) is 14.0. The van der Waals surface area contributed by atoms with E-state index in [1.807, 2.05) is 4.90 Å². The summed E-state index contributed by atoms with van der Waals surface area (Å²) in [5.74, 6) is -0.781. The Balaban J connectivity index is 1.38. The first-order chi connectivity index (χ1) is 11.6. The average molecular weight is 352 g/mol. The van der Waals surface area contributed by atoms with Crippen LogP contribution in [0.25, 0.3) is 10.2 Å². The monoisotopic (exact) mass is 352 g/mol. The second kappa shape index (κ2) is 6.27. The molecule has 2 aliphatic rings. The van der Waals surface area contributed by atoms with E-state index in [4.69, 9.17) is 4.74 Å². The number of rotatable bonds is 3. The summed E-state index contributed by atoms with van der Waals surface area (Å²) in [6.07, 6.45) is 4.64. The molecule has 128 valence electrons. The SMILES string of the molecule is O=C(C1CCC1)N1CCC(Oc2nc3c(F)cc(F)cc3s2)CC1. The van der Waals surface area contributed by atoms with Gasteiger partial charge in [-0.15, -0.1) is 0 Å². The topological polar surface area (TPSA) is 42.4 Å². The van der Waals surface area contributed by atoms with Crippen LogP contribution in [0.3, 0.4) is 0 Å². The molecule has 2 heterocycles. The molecule has 2 aromatic rings. The van der Waals surface area contributed by atoms with Crippen LogP contribution in [0.5, 0.6) is 5.19 Å². The smallest absolute Gasteiger partial charge is 0.274 e. The maximum absolute atomic E-state index is 13.7. The number of benzene rings is 1. The molecule has 7 heteroatoms. The lowest BCUT2D eigenvalue weighted by molar-refractivity contribution is -0.140. The van der Waals surface area contributed by atoms with Gasteiger partial charge in [0, 0.05) is 37.9 Å². The number of piperidine rings is 1. The molecular formula is C17H18F2N2O2S. The van der Waals surface area contributed by atoms with Crippen molar-refractivity contribution in [3.8, 4) is 5.19 Å². The Kier molecular flexibility index (Phi) is 4.12. The van der Waals surface area contributed by atoms with Gasteiger partial charge >= 0.3 is 0 Å². The predicted molar refractivity (Wildman–Crippen MR) is 87.1 cm³/mol. The number of hydrogen-bond acceptors (Lipinski definition) is 4. The molecule has 0 atom stereocenters. The summed E-state index contributed by atoms with van der Waals surface area (Å²) in [6, 6.07) is 2.10. The highest BCUT2D eigenvalue weighted by Gasteiger charge is 2.32. The maximum atomic E-state index is 13.7. The quantitative estimate of drug-likeness (QED) is 0.845. The van der Waals surface area contributed by atoms with Crippen LogP contribution in [0.2, 0.25) is 0 Å². The minimum absolute atomic E-state index is 0.0380. The third kappa shape index (κ3) is 2.97. The van der Waals surface area contributed by atoms with Gasteiger partial charge < -0.3 is 9.64 Å². The molecule has 1 saturated heterocycles. The third-order valence-electron chi connectivity index (χ3n) is 4.87. The van der Waals surface area contributed by atoms with Gasteiger partial charge in [0.05, 0.1) is 4.70 Å². The van der Waals surface area contributed by atoms with E-state index in [1.54, 1.807) is 0 Å². The number of fused-ring (bicyclic) bond motifs is 1. The van der Waals surface area contributed by atoms with Crippen molar-refractivity contribution in [2.75, 3.05) is 13.1 Å². The lowest BCUT2D eigenvalue weighted by atomic mass is 9.84. The van der Waals surface area contributed by atoms with Crippen LogP contribution in [-0.2, 0) is 4.79 Å². The maximum Gasteiger partial charge on any atom is 0.274 e. The Morgan fingerprint density at radius 2 is 1.96 bits per heavy atom. The molecule has 0 radical (unpaired) electrons. The van der Waals surface area contributed by atoms with Crippen molar-refractivity contribution in [3.63, 3.8) is 0 Å². The molecule has 1 amide bonds. The van der Waals surface area contributed by atoms with Crippen molar-refractivity contribution in [2.24, 2.45) is 5.92 Å². The van der Waals surface area contributed by atoms with Crippen molar-refractivity contribution in [2.45, 2.75) is 38.2 Å². The molecule has 2 fully saturated rings. The molecule has 0 unspecified atom stereocenters. The standard InChI is InChI=1S/C17H18F2N2O2S/c18-11-8-13(19)15-14(9-11)24-17(20-15)23-12-4-6-21(7-5-12)16(22)10-2-1-3-10/h8-10,12H,1-7H2. The number of hydrogen-bond donors (Lipinski definition) is 0. The normalized spacial score (nSPS) is 19.5. The molecule has 1 saturated carbocycles. The fourth-order valence-corrected chi connectivity index (χ4v) is 4.16. The van der Waals surface area contributed by atoms with E-state index in [9.17, 15) is 13.6 Å². The van der Waals surface area contributed by atoms with E-state index in [0.29, 0.717) is 23.0 Å². The summed E-state index contributed by atoms with van der Waals surface area (Å²) < 4.78 is 33.2. The molecule has 0 bridgehead atoms. The first kappa shape index (κ1) is 15.7. The molecule has 4 nitrogen and oxygen atoms in total. The Labute approximate surface area is 142 Å². The zero-order chi connectivity index (χ0) is 16.7. The van der Waals surface area contributed by atoms with Crippen LogP contribution in [0, 0.1) is 17.6 Å². The van der Waals surface area contributed by atoms with Gasteiger partial charge in [0.2, 0.25) is 5.91 Å². The number of carbonyl (C=O) groups excluding carboxylic acids is 1. The van der Waals surface area contributed by atoms with E-state index >= 15 is 0 Å². The summed E-state index contributed by atoms with van der Waals surface area (Å²) >= 11 is 1.15. The Hall–Kier alpha value is -1.76. The lowest BCUT2D eigenvalue weighted by Crippen LogP contribution is -2.45. The zero-order valence-electron chi connectivity index (χ0n) is 13.1. The number of ether oxygens (including phenoxy) is 1. The number of nitrogens with zero attached hydrogens (tertiary/aromatic N) is 2. The second-order valence-electron chi connectivity index (χ2n) is 6.48. The fraction of sp³-hybridized carbons (Fsp3) is 0.529. The van der Waals surface area contributed by atoms with E-state index in [2.05, 4.69) is 4.98 Å². The van der Waals surface area contributed by atoms with E-state index in [-0.39, 0.29) is 23.4 Å². The molecule has 1 aromatic heterocycles. The number of thiazole rings is 1. The van der Waals surface area contributed by atoms with Crippen LogP contribution in [-0.4, -0.2) is 35.0 Å². The van der Waals surface area contributed by atoms with Crippen molar-refractivity contribution >= 4 is 27.5 Å². The van der Waals surface area contributed by atoms with Gasteiger partial charge in [-0.3, -0.25) is 4.79 Å². The van der Waals surface area contributed by atoms with Crippen molar-refractivity contribution in [3.05, 3.63) is 23.8 Å². The molecule has 1 aliphatic carbocycles. The first-order valence-electron chi connectivity index (χ1n) is 8.31. The highest BCUT2D eigenvalue weighted by Crippen LogP contribution is 2.33. The number of carbonyl (C=O) groups is 1. The predicted octanol–water partition coefficient (Wildman–Crippen LogP) is 3.74. The van der Waals surface area contributed by atoms with Crippen LogP contribution >= 0.6 is 11.3 Å². The molecule has 1 aliphatic heterocycles. The minimum atomic E-state index is -0.669. The van der Waals surface area contributed by atoms with Gasteiger partial charge in [0.15, 0.2) is 5.82 Å². The van der Waals surface area contributed by atoms with Crippen molar-refractivity contribution < 1.29 is 18.3 Å². The Morgan fingerprint density at radius 3 is 2.62 bits per heavy atom. The molecule has 1 aromatic carbocycles. The molecule has 4 rings (SSSR count). The molecule has 24 heavy (non-hydrogen) atoms. The highest BCUT2D eigenvalue weighted by molar-refractivity contribution is 7.20. The Bertz CT molecular complexity index is 767. The average Bonchev–Trinajstić information content (AvgIpc) is 2.89. The number of likely N-dealkylation sites (tertiary alicyclic amines) is 1. The fourth-order valence-electron chi connectivity index (χ4n) is 3.24. The number of aromatic nitrogens is 1. The van der Waals surface area contributed by atoms with E-state index in [0.717, 1.165) is 49.5 Å². The molecule has 0 N–H and O–H groups in total. The van der Waals surface area contributed by atoms with Gasteiger partial charge in [-0.1, -0.05) is 17.8 Å². The molecule has 0 spiro atoms. The van der Waals surface area contributed by atoms with Gasteiger partial charge in [0.1, 0.15) is 17.4 Å². The first-order valence-corrected chi connectivity index (χ1v) is 9.13. The summed E-state index contributed by atoms with van der Waals surface area (Å²) in [5, 5.41) is 0.360. The minimum Gasteiger partial charge on any atom is -0.467 e. The van der Waals surface area contributed by atoms with Crippen LogP contribution in [0.15, 0.2) is 12.1 Å². The van der Waals surface area contributed by atoms with Crippen LogP contribution < -0.4 is 4.74 Å². The van der Waals surface area contributed by atoms with Gasteiger partial charge in [-0.05, 0) is 18.9 Å². The Morgan fingerprint density at radius 1 is 1.21 bits per heavy atom. The largest absolute Gasteiger partial charge is 0.467 e. The third-order valence-corrected chi connectivity index (χ3v) is 5.76. The lowest BCUT2D eigenvalue weighted by Gasteiger charge is -2.36. The van der Waals surface area contributed by atoms with E-state index < -0.39 is 11.6 Å². The van der Waals surface area contributed by atoms with Crippen LogP contribution in [0.1, 0.15) is 32.1 Å². The van der Waals surface area contributed by atoms with Crippen LogP contribution in [0.4, 0.5) is 8.78 Å². The van der Waals surface area contributed by atoms with Gasteiger partial charge in [-0.2, -0.15) is 4.98 Å². The molecular weight excluding hydrogens is 334 g/mol. The number of halogens is 2. The summed E-state index contributed by atoms with van der Waals surface area (Å²) in [4.78, 5) is 18.3. The highest BCUT2D eigenvalue weighted by atomic mass is 32.1. The summed E-state index contributed by atoms with van der Waals surface area (Å²) in [7, 11) is 0. The summed E-state index contributed by atoms with van der Waals surface area (Å²) in [5.41, 5.74) is 0.147. The van der Waals surface area contributed by atoms with Crippen molar-refractivity contribution in [1.29, 1.82) is 0 Å². The van der Waals surface area contributed by atoms with Gasteiger partial charge in [0.25, 0.3) is 5.19 Å². The summed E-state index contributed by atoms with van der Waals surface area (Å²) in [6.45, 7) is 1.38. The van der Waals surface area contributed by atoms with E-state index in [1.165, 1.54) is 6.07 Å². The second-order valence-corrected chi connectivity index (χ2v) is 7.48. The number of amides is 1. The van der Waals surface area contributed by atoms with Crippen molar-refractivity contribution in [1.82, 2.24) is 9.88 Å².